The van der Waals surface area contributed by atoms with Crippen LogP contribution in [0.25, 0.3) is 28.0 Å². The van der Waals surface area contributed by atoms with Crippen molar-refractivity contribution < 1.29 is 18.7 Å². The van der Waals surface area contributed by atoms with E-state index in [-0.39, 0.29) is 51.2 Å². The Morgan fingerprint density at radius 1 is 1.18 bits per heavy atom. The first-order valence-electron chi connectivity index (χ1n) is 14.2. The number of hydrogen-bond donors (Lipinski definition) is 1. The number of benzene rings is 2. The Balaban J connectivity index is 1.70. The monoisotopic (exact) mass is 616 g/mol. The van der Waals surface area contributed by atoms with Crippen molar-refractivity contribution in [3.63, 3.8) is 0 Å². The van der Waals surface area contributed by atoms with Crippen LogP contribution in [-0.2, 0) is 9.59 Å². The van der Waals surface area contributed by atoms with Crippen molar-refractivity contribution in [1.29, 1.82) is 0 Å². The first kappa shape index (κ1) is 29.3. The molecule has 12 heteroatoms. The lowest BCUT2D eigenvalue weighted by Gasteiger charge is -2.40. The van der Waals surface area contributed by atoms with E-state index in [4.69, 9.17) is 21.3 Å². The summed E-state index contributed by atoms with van der Waals surface area (Å²) in [6.07, 6.45) is 1.28. The molecule has 2 bridgehead atoms. The maximum Gasteiger partial charge on any atom is 0.355 e. The Kier molecular flexibility index (Phi) is 7.58. The molecule has 44 heavy (non-hydrogen) atoms. The number of ether oxygens (including phenoxy) is 1. The summed E-state index contributed by atoms with van der Waals surface area (Å²) in [5.74, 6) is -0.785. The van der Waals surface area contributed by atoms with E-state index in [0.717, 1.165) is 5.56 Å². The molecule has 1 fully saturated rings. The second-order valence-electron chi connectivity index (χ2n) is 11.1. The van der Waals surface area contributed by atoms with E-state index in [1.165, 1.54) is 22.8 Å². The van der Waals surface area contributed by atoms with Crippen LogP contribution < -0.4 is 20.6 Å². The summed E-state index contributed by atoms with van der Waals surface area (Å²) < 4.78 is 22.8. The number of hydrogen-bond acceptors (Lipinski definition) is 7. The van der Waals surface area contributed by atoms with E-state index in [2.05, 4.69) is 16.9 Å². The number of para-hydroxylation sites is 1. The molecule has 4 heterocycles. The van der Waals surface area contributed by atoms with Gasteiger partial charge in [0.05, 0.1) is 33.0 Å². The number of piperazine rings is 1. The van der Waals surface area contributed by atoms with Crippen molar-refractivity contribution in [2.24, 2.45) is 0 Å². The van der Waals surface area contributed by atoms with Crippen molar-refractivity contribution in [2.45, 2.75) is 32.7 Å². The highest BCUT2D eigenvalue weighted by atomic mass is 35.5. The van der Waals surface area contributed by atoms with Crippen LogP contribution in [0.15, 0.2) is 59.9 Å². The quantitative estimate of drug-likeness (QED) is 0.326. The van der Waals surface area contributed by atoms with E-state index < -0.39 is 24.0 Å². The average molecular weight is 617 g/mol. The van der Waals surface area contributed by atoms with Crippen LogP contribution in [0.1, 0.15) is 32.3 Å². The lowest BCUT2D eigenvalue weighted by Crippen LogP contribution is -2.54. The van der Waals surface area contributed by atoms with Gasteiger partial charge in [0.15, 0.2) is 12.3 Å². The van der Waals surface area contributed by atoms with E-state index in [9.17, 15) is 14.4 Å². The predicted molar refractivity (Wildman–Crippen MR) is 167 cm³/mol. The number of aromatic nitrogens is 3. The molecule has 2 aromatic carbocycles. The van der Waals surface area contributed by atoms with Crippen molar-refractivity contribution in [1.82, 2.24) is 19.4 Å². The van der Waals surface area contributed by atoms with Crippen LogP contribution in [0, 0.1) is 5.82 Å². The average Bonchev–Trinajstić information content (AvgIpc) is 2.99. The lowest BCUT2D eigenvalue weighted by molar-refractivity contribution is -0.126. The minimum Gasteiger partial charge on any atom is -0.482 e. The zero-order valence-electron chi connectivity index (χ0n) is 24.4. The van der Waals surface area contributed by atoms with Gasteiger partial charge < -0.3 is 19.9 Å². The van der Waals surface area contributed by atoms with Crippen molar-refractivity contribution in [3.8, 4) is 22.7 Å². The Labute approximate surface area is 257 Å². The number of rotatable bonds is 3. The molecule has 2 aromatic heterocycles. The molecule has 1 N–H and O–H groups in total. The maximum atomic E-state index is 15.5. The number of nitrogens with one attached hydrogen (secondary N) is 1. The molecule has 226 valence electrons. The van der Waals surface area contributed by atoms with Gasteiger partial charge in [-0.2, -0.15) is 4.98 Å². The molecular weight excluding hydrogens is 587 g/mol. The van der Waals surface area contributed by atoms with Crippen LogP contribution >= 0.6 is 11.6 Å². The Bertz CT molecular complexity index is 1910. The molecule has 6 rings (SSSR count). The highest BCUT2D eigenvalue weighted by Gasteiger charge is 2.31. The molecule has 2 amide bonds. The topological polar surface area (TPSA) is 110 Å². The van der Waals surface area contributed by atoms with Gasteiger partial charge >= 0.3 is 5.69 Å². The fraction of sp³-hybridized carbons (Fsp3) is 0.281. The first-order chi connectivity index (χ1) is 21.1. The number of carbonyl (C=O) groups is 2. The van der Waals surface area contributed by atoms with Gasteiger partial charge in [0.1, 0.15) is 17.4 Å². The van der Waals surface area contributed by atoms with E-state index in [0.29, 0.717) is 36.5 Å². The molecule has 0 saturated carbocycles. The minimum atomic E-state index is -0.655. The molecule has 0 aliphatic carbocycles. The molecular formula is C32H30ClFN6O4. The summed E-state index contributed by atoms with van der Waals surface area (Å²) in [6.45, 7) is 10.3. The van der Waals surface area contributed by atoms with Crippen LogP contribution in [0.5, 0.6) is 5.75 Å². The van der Waals surface area contributed by atoms with Crippen LogP contribution in [0.2, 0.25) is 5.02 Å². The first-order valence-corrected chi connectivity index (χ1v) is 14.6. The maximum absolute atomic E-state index is 15.5. The second-order valence-corrected chi connectivity index (χ2v) is 11.5. The van der Waals surface area contributed by atoms with Gasteiger partial charge in [-0.1, -0.05) is 50.2 Å². The molecule has 2 aliphatic rings. The third-order valence-corrected chi connectivity index (χ3v) is 8.23. The summed E-state index contributed by atoms with van der Waals surface area (Å²) in [5.41, 5.74) is 0.879. The fourth-order valence-electron chi connectivity index (χ4n) is 5.86. The molecule has 4 aromatic rings. The minimum absolute atomic E-state index is 0.0204. The van der Waals surface area contributed by atoms with Gasteiger partial charge in [-0.3, -0.25) is 9.59 Å². The van der Waals surface area contributed by atoms with Crippen LogP contribution in [-0.4, -0.2) is 63.5 Å². The SMILES string of the molecule is C=CC(=O)N1CCN(c2nc(=O)n3c4nc(c(Cl)cc24)-c2c(F)cccc2NC(=O)COc2cccc(C(C)C)c2-3)[C@H](C)C1. The van der Waals surface area contributed by atoms with Gasteiger partial charge in [0.2, 0.25) is 5.91 Å². The second kappa shape index (κ2) is 11.4. The number of anilines is 2. The van der Waals surface area contributed by atoms with Gasteiger partial charge in [0.25, 0.3) is 5.91 Å². The van der Waals surface area contributed by atoms with Gasteiger partial charge in [-0.15, -0.1) is 0 Å². The van der Waals surface area contributed by atoms with E-state index in [1.807, 2.05) is 31.7 Å². The van der Waals surface area contributed by atoms with Crippen molar-refractivity contribution >= 4 is 46.0 Å². The Morgan fingerprint density at radius 3 is 2.68 bits per heavy atom. The van der Waals surface area contributed by atoms with E-state index >= 15 is 4.39 Å². The number of nitrogens with zero attached hydrogens (tertiary/aromatic N) is 5. The Hall–Kier alpha value is -4.77. The zero-order valence-corrected chi connectivity index (χ0v) is 25.2. The van der Waals surface area contributed by atoms with Crippen molar-refractivity contribution in [3.05, 3.63) is 82.0 Å². The molecule has 10 nitrogen and oxygen atoms in total. The summed E-state index contributed by atoms with van der Waals surface area (Å²) in [5, 5.41) is 3.27. The smallest absolute Gasteiger partial charge is 0.355 e. The van der Waals surface area contributed by atoms with E-state index in [1.54, 1.807) is 29.2 Å². The molecule has 1 atom stereocenters. The molecule has 0 unspecified atom stereocenters. The predicted octanol–water partition coefficient (Wildman–Crippen LogP) is 4.92. The summed E-state index contributed by atoms with van der Waals surface area (Å²) >= 11 is 6.85. The summed E-state index contributed by atoms with van der Waals surface area (Å²) in [4.78, 5) is 52.5. The Morgan fingerprint density at radius 2 is 1.95 bits per heavy atom. The van der Waals surface area contributed by atoms with Gasteiger partial charge in [-0.25, -0.2) is 18.7 Å². The third kappa shape index (κ3) is 4.96. The third-order valence-electron chi connectivity index (χ3n) is 7.95. The van der Waals surface area contributed by atoms with Gasteiger partial charge in [-0.05, 0) is 48.7 Å². The lowest BCUT2D eigenvalue weighted by atomic mass is 10.00. The number of pyridine rings is 1. The summed E-state index contributed by atoms with van der Waals surface area (Å²) in [6, 6.07) is 11.0. The van der Waals surface area contributed by atoms with Crippen molar-refractivity contribution in [2.75, 3.05) is 36.5 Å². The number of fused-ring (bicyclic) bond motifs is 5. The largest absolute Gasteiger partial charge is 0.482 e. The summed E-state index contributed by atoms with van der Waals surface area (Å²) in [7, 11) is 0. The molecule has 2 aliphatic heterocycles. The zero-order chi connectivity index (χ0) is 31.3. The number of amides is 2. The highest BCUT2D eigenvalue weighted by molar-refractivity contribution is 6.34. The molecule has 1 saturated heterocycles. The van der Waals surface area contributed by atoms with Gasteiger partial charge in [0, 0.05) is 25.7 Å². The number of halogens is 2. The fourth-order valence-corrected chi connectivity index (χ4v) is 6.11. The van der Waals surface area contributed by atoms with Crippen LogP contribution in [0.3, 0.4) is 0 Å². The molecule has 0 spiro atoms. The number of carbonyl (C=O) groups excluding carboxylic acids is 2. The van der Waals surface area contributed by atoms with Crippen LogP contribution in [0.4, 0.5) is 15.9 Å². The highest BCUT2D eigenvalue weighted by Crippen LogP contribution is 2.40. The normalized spacial score (nSPS) is 16.5. The molecule has 0 radical (unpaired) electrons. The standard InChI is InChI=1S/C32H30ClFN6O4/c1-5-26(42)38-12-13-39(18(4)15-38)30-20-14-21(33)28-27-22(34)9-7-10-23(27)35-25(41)16-44-24-11-6-8-19(17(2)3)29(24)40(31(20)36-28)32(43)37-30/h5-11,14,17-18H,1,12-13,15-16H2,2-4H3,(H,35,41)/t18-/m1/s1.